The van der Waals surface area contributed by atoms with Gasteiger partial charge in [0.25, 0.3) is 5.91 Å². The van der Waals surface area contributed by atoms with Crippen LogP contribution in [0.4, 0.5) is 5.69 Å². The van der Waals surface area contributed by atoms with Crippen LogP contribution in [0.5, 0.6) is 0 Å². The predicted octanol–water partition coefficient (Wildman–Crippen LogP) is 3.76. The lowest BCUT2D eigenvalue weighted by Gasteiger charge is -2.17. The van der Waals surface area contributed by atoms with Crippen LogP contribution in [0.3, 0.4) is 0 Å². The van der Waals surface area contributed by atoms with Gasteiger partial charge in [-0.3, -0.25) is 9.59 Å². The van der Waals surface area contributed by atoms with Crippen molar-refractivity contribution in [3.05, 3.63) is 88.7 Å². The quantitative estimate of drug-likeness (QED) is 0.429. The second-order valence-corrected chi connectivity index (χ2v) is 11.0. The first kappa shape index (κ1) is 24.5. The van der Waals surface area contributed by atoms with E-state index < -0.39 is 15.9 Å². The Hall–Kier alpha value is -3.60. The lowest BCUT2D eigenvalue weighted by atomic mass is 10.2. The Bertz CT molecular complexity index is 1570. The van der Waals surface area contributed by atoms with Crippen LogP contribution in [0.15, 0.2) is 82.7 Å². The van der Waals surface area contributed by atoms with E-state index in [2.05, 4.69) is 10.3 Å². The highest BCUT2D eigenvalue weighted by Crippen LogP contribution is 2.22. The molecular weight excluding hydrogens is 484 g/mol. The number of sulfonamides is 1. The summed E-state index contributed by atoms with van der Waals surface area (Å²) in [5, 5.41) is 2.74. The minimum Gasteiger partial charge on any atom is -0.326 e. The van der Waals surface area contributed by atoms with Crippen molar-refractivity contribution in [2.45, 2.75) is 18.4 Å². The zero-order valence-electron chi connectivity index (χ0n) is 19.4. The Morgan fingerprint density at radius 3 is 2.37 bits per heavy atom. The van der Waals surface area contributed by atoms with Gasteiger partial charge in [0.2, 0.25) is 15.9 Å². The molecule has 0 spiro atoms. The molecule has 1 N–H and O–H groups in total. The van der Waals surface area contributed by atoms with E-state index >= 15 is 0 Å². The van der Waals surface area contributed by atoms with Crippen molar-refractivity contribution in [2.75, 3.05) is 12.4 Å². The zero-order valence-corrected chi connectivity index (χ0v) is 21.1. The zero-order chi connectivity index (χ0) is 25.2. The number of rotatable bonds is 6. The van der Waals surface area contributed by atoms with Gasteiger partial charge in [-0.25, -0.2) is 8.42 Å². The summed E-state index contributed by atoms with van der Waals surface area (Å²) in [7, 11) is -0.386. The van der Waals surface area contributed by atoms with Crippen LogP contribution in [0.25, 0.3) is 10.2 Å². The van der Waals surface area contributed by atoms with Crippen LogP contribution in [-0.2, 0) is 28.4 Å². The second kappa shape index (κ2) is 9.95. The van der Waals surface area contributed by atoms with Crippen molar-refractivity contribution < 1.29 is 18.0 Å². The molecule has 0 atom stereocenters. The molecule has 4 rings (SSSR count). The molecule has 2 amide bonds. The molecule has 3 aromatic carbocycles. The molecule has 1 aromatic heterocycles. The number of thiazole rings is 1. The lowest BCUT2D eigenvalue weighted by Crippen LogP contribution is -2.26. The molecular formula is C25H24N4O4S2. The number of carbonyl (C=O) groups is 2. The molecule has 0 saturated carbocycles. The normalized spacial score (nSPS) is 12.3. The van der Waals surface area contributed by atoms with Gasteiger partial charge in [0.1, 0.15) is 0 Å². The summed E-state index contributed by atoms with van der Waals surface area (Å²) in [6.45, 7) is 1.68. The SMILES string of the molecule is CC(=O)Nc1ccc2c(c1)sc(=NC(=O)c1ccc(S(=O)(=O)N(C)Cc3ccccc3)cc1)n2C. The number of amides is 2. The Morgan fingerprint density at radius 1 is 1.03 bits per heavy atom. The van der Waals surface area contributed by atoms with E-state index in [1.807, 2.05) is 42.5 Å². The van der Waals surface area contributed by atoms with E-state index in [0.717, 1.165) is 15.8 Å². The van der Waals surface area contributed by atoms with Gasteiger partial charge in [0, 0.05) is 38.8 Å². The largest absolute Gasteiger partial charge is 0.326 e. The van der Waals surface area contributed by atoms with E-state index in [-0.39, 0.29) is 22.9 Å². The number of carbonyl (C=O) groups excluding carboxylic acids is 2. The van der Waals surface area contributed by atoms with Gasteiger partial charge in [-0.1, -0.05) is 41.7 Å². The van der Waals surface area contributed by atoms with Crippen LogP contribution >= 0.6 is 11.3 Å². The molecule has 8 nitrogen and oxygen atoms in total. The lowest BCUT2D eigenvalue weighted by molar-refractivity contribution is -0.114. The molecule has 35 heavy (non-hydrogen) atoms. The number of hydrogen-bond donors (Lipinski definition) is 1. The van der Waals surface area contributed by atoms with Crippen molar-refractivity contribution >= 4 is 49.1 Å². The first-order valence-corrected chi connectivity index (χ1v) is 13.0. The van der Waals surface area contributed by atoms with Gasteiger partial charge in [-0.15, -0.1) is 0 Å². The molecule has 180 valence electrons. The minimum absolute atomic E-state index is 0.102. The fourth-order valence-corrected chi connectivity index (χ4v) is 5.76. The van der Waals surface area contributed by atoms with E-state index in [4.69, 9.17) is 0 Å². The molecule has 1 heterocycles. The van der Waals surface area contributed by atoms with Gasteiger partial charge < -0.3 is 9.88 Å². The number of nitrogens with zero attached hydrogens (tertiary/aromatic N) is 3. The first-order chi connectivity index (χ1) is 16.6. The van der Waals surface area contributed by atoms with Gasteiger partial charge >= 0.3 is 0 Å². The summed E-state index contributed by atoms with van der Waals surface area (Å²) >= 11 is 1.32. The maximum absolute atomic E-state index is 12.9. The first-order valence-electron chi connectivity index (χ1n) is 10.7. The van der Waals surface area contributed by atoms with Gasteiger partial charge in [-0.2, -0.15) is 9.30 Å². The molecule has 0 fully saturated rings. The third-order valence-corrected chi connectivity index (χ3v) is 8.30. The summed E-state index contributed by atoms with van der Waals surface area (Å²) in [6, 6.07) is 20.6. The Labute approximate surface area is 207 Å². The van der Waals surface area contributed by atoms with Crippen molar-refractivity contribution in [3.63, 3.8) is 0 Å². The Morgan fingerprint density at radius 2 is 1.71 bits per heavy atom. The highest BCUT2D eigenvalue weighted by atomic mass is 32.2. The summed E-state index contributed by atoms with van der Waals surface area (Å²) < 4.78 is 29.8. The van der Waals surface area contributed by atoms with Crippen LogP contribution in [0, 0.1) is 0 Å². The van der Waals surface area contributed by atoms with Crippen molar-refractivity contribution in [1.82, 2.24) is 8.87 Å². The van der Waals surface area contributed by atoms with E-state index in [1.54, 1.807) is 17.7 Å². The number of fused-ring (bicyclic) bond motifs is 1. The molecule has 0 aliphatic heterocycles. The van der Waals surface area contributed by atoms with E-state index in [0.29, 0.717) is 10.5 Å². The maximum atomic E-state index is 12.9. The fraction of sp³-hybridized carbons (Fsp3) is 0.160. The van der Waals surface area contributed by atoms with Crippen LogP contribution in [0.2, 0.25) is 0 Å². The van der Waals surface area contributed by atoms with Gasteiger partial charge in [-0.05, 0) is 48.0 Å². The summed E-state index contributed by atoms with van der Waals surface area (Å²) in [5.41, 5.74) is 2.70. The molecule has 10 heteroatoms. The molecule has 4 aromatic rings. The van der Waals surface area contributed by atoms with Gasteiger partial charge in [0.15, 0.2) is 4.80 Å². The van der Waals surface area contributed by atoms with Crippen molar-refractivity contribution in [1.29, 1.82) is 0 Å². The third kappa shape index (κ3) is 5.40. The average Bonchev–Trinajstić information content (AvgIpc) is 3.13. The molecule has 0 aliphatic carbocycles. The smallest absolute Gasteiger partial charge is 0.279 e. The molecule has 0 aliphatic rings. The topological polar surface area (TPSA) is 101 Å². The number of anilines is 1. The van der Waals surface area contributed by atoms with Gasteiger partial charge in [0.05, 0.1) is 15.1 Å². The number of aromatic nitrogens is 1. The molecule has 0 bridgehead atoms. The Kier molecular flexibility index (Phi) is 6.97. The predicted molar refractivity (Wildman–Crippen MR) is 137 cm³/mol. The third-order valence-electron chi connectivity index (χ3n) is 5.38. The summed E-state index contributed by atoms with van der Waals surface area (Å²) in [6.07, 6.45) is 0. The van der Waals surface area contributed by atoms with E-state index in [9.17, 15) is 18.0 Å². The molecule has 0 saturated heterocycles. The number of aryl methyl sites for hydroxylation is 1. The number of benzene rings is 3. The van der Waals surface area contributed by atoms with Crippen molar-refractivity contribution in [3.8, 4) is 0 Å². The Balaban J connectivity index is 1.56. The fourth-order valence-electron chi connectivity index (χ4n) is 3.55. The van der Waals surface area contributed by atoms with E-state index in [1.165, 1.54) is 53.9 Å². The minimum atomic E-state index is -3.72. The molecule has 0 radical (unpaired) electrons. The maximum Gasteiger partial charge on any atom is 0.279 e. The highest BCUT2D eigenvalue weighted by Gasteiger charge is 2.21. The number of nitrogens with one attached hydrogen (secondary N) is 1. The van der Waals surface area contributed by atoms with Crippen molar-refractivity contribution in [2.24, 2.45) is 12.0 Å². The average molecular weight is 509 g/mol. The molecule has 0 unspecified atom stereocenters. The second-order valence-electron chi connectivity index (χ2n) is 8.00. The van der Waals surface area contributed by atoms with Crippen LogP contribution < -0.4 is 10.1 Å². The number of hydrogen-bond acceptors (Lipinski definition) is 5. The summed E-state index contributed by atoms with van der Waals surface area (Å²) in [4.78, 5) is 28.9. The van der Waals surface area contributed by atoms with Crippen LogP contribution in [-0.4, -0.2) is 36.2 Å². The highest BCUT2D eigenvalue weighted by molar-refractivity contribution is 7.89. The van der Waals surface area contributed by atoms with Crippen LogP contribution in [0.1, 0.15) is 22.8 Å². The summed E-state index contributed by atoms with van der Waals surface area (Å²) in [5.74, 6) is -0.641. The standard InChI is InChI=1S/C25H24N4O4S2/c1-17(30)26-20-11-14-22-23(15-20)34-25(29(22)3)27-24(31)19-9-12-21(13-10-19)35(32,33)28(2)16-18-7-5-4-6-8-18/h4-15H,16H2,1-3H3,(H,26,30). The monoisotopic (exact) mass is 508 g/mol.